The molecule has 0 aliphatic rings. The van der Waals surface area contributed by atoms with Crippen LogP contribution < -0.4 is 0 Å². The SMILES string of the molecule is O=S(=O)([N-]c1ccc(C(O)(C(F)(F)F)C(F)(F)F)cc1)c1ccccc1. The van der Waals surface area contributed by atoms with Crippen molar-refractivity contribution in [2.75, 3.05) is 0 Å². The topological polar surface area (TPSA) is 68.5 Å². The monoisotopic (exact) mass is 398 g/mol. The Balaban J connectivity index is 2.36. The molecule has 142 valence electrons. The largest absolute Gasteiger partial charge is 0.573 e. The molecule has 0 fully saturated rings. The Hall–Kier alpha value is -2.27. The van der Waals surface area contributed by atoms with Gasteiger partial charge in [-0.2, -0.15) is 26.3 Å². The third kappa shape index (κ3) is 3.63. The highest BCUT2D eigenvalue weighted by Gasteiger charge is 2.71. The number of rotatable bonds is 4. The number of hydrogen-bond acceptors (Lipinski definition) is 3. The van der Waals surface area contributed by atoms with Gasteiger partial charge in [-0.25, -0.2) is 8.42 Å². The van der Waals surface area contributed by atoms with Crippen LogP contribution in [0.4, 0.5) is 32.0 Å². The lowest BCUT2D eigenvalue weighted by Gasteiger charge is -2.33. The highest BCUT2D eigenvalue weighted by molar-refractivity contribution is 7.94. The second-order valence-corrected chi connectivity index (χ2v) is 6.74. The molecule has 1 N–H and O–H groups in total. The molecule has 2 rings (SSSR count). The number of alkyl halides is 6. The molecule has 0 heterocycles. The zero-order chi connectivity index (χ0) is 19.8. The molecule has 0 amide bonds. The van der Waals surface area contributed by atoms with Crippen LogP contribution in [0, 0.1) is 0 Å². The third-order valence-corrected chi connectivity index (χ3v) is 4.69. The van der Waals surface area contributed by atoms with Crippen LogP contribution in [0.25, 0.3) is 4.72 Å². The molecule has 0 bridgehead atoms. The fourth-order valence-corrected chi connectivity index (χ4v) is 3.04. The number of aliphatic hydroxyl groups is 1. The van der Waals surface area contributed by atoms with Crippen molar-refractivity contribution < 1.29 is 39.9 Å². The lowest BCUT2D eigenvalue weighted by atomic mass is 9.92. The Morgan fingerprint density at radius 1 is 0.769 bits per heavy atom. The Bertz CT molecular complexity index is 847. The first-order chi connectivity index (χ1) is 11.8. The second-order valence-electron chi connectivity index (χ2n) is 5.13. The zero-order valence-electron chi connectivity index (χ0n) is 12.6. The van der Waals surface area contributed by atoms with Crippen LogP contribution in [-0.4, -0.2) is 25.9 Å². The Morgan fingerprint density at radius 2 is 1.23 bits per heavy atom. The first-order valence-corrected chi connectivity index (χ1v) is 8.22. The summed E-state index contributed by atoms with van der Waals surface area (Å²) in [6, 6.07) is 8.73. The maximum atomic E-state index is 12.8. The molecule has 4 nitrogen and oxygen atoms in total. The molecule has 2 aromatic rings. The molecule has 0 atom stereocenters. The number of sulfonamides is 1. The van der Waals surface area contributed by atoms with Gasteiger partial charge in [-0.15, -0.1) is 5.69 Å². The molecular formula is C15H10F6NO3S-. The predicted octanol–water partition coefficient (Wildman–Crippen LogP) is 4.39. The lowest BCUT2D eigenvalue weighted by Crippen LogP contribution is -2.53. The maximum absolute atomic E-state index is 12.8. The minimum atomic E-state index is -6.03. The van der Waals surface area contributed by atoms with Gasteiger partial charge in [0, 0.05) is 5.56 Å². The van der Waals surface area contributed by atoms with Crippen molar-refractivity contribution in [3.05, 3.63) is 64.9 Å². The molecule has 2 aromatic carbocycles. The quantitative estimate of drug-likeness (QED) is 0.777. The van der Waals surface area contributed by atoms with Crippen molar-refractivity contribution in [2.24, 2.45) is 0 Å². The standard InChI is InChI=1S/C15H10F6NO3S/c16-14(17,18)13(23,15(19,20)21)10-6-8-11(9-7-10)22-26(24,25)12-4-2-1-3-5-12/h1-9,23H/q-1. The van der Waals surface area contributed by atoms with Crippen molar-refractivity contribution >= 4 is 15.7 Å². The molecule has 0 unspecified atom stereocenters. The van der Waals surface area contributed by atoms with E-state index in [9.17, 15) is 39.9 Å². The van der Waals surface area contributed by atoms with E-state index < -0.39 is 39.2 Å². The Kier molecular flexibility index (Phi) is 4.99. The molecule has 0 spiro atoms. The van der Waals surface area contributed by atoms with Crippen molar-refractivity contribution in [1.82, 2.24) is 0 Å². The van der Waals surface area contributed by atoms with Crippen LogP contribution in [-0.2, 0) is 15.6 Å². The molecule has 0 aromatic heterocycles. The molecule has 0 aliphatic carbocycles. The molecule has 26 heavy (non-hydrogen) atoms. The van der Waals surface area contributed by atoms with E-state index in [4.69, 9.17) is 0 Å². The summed E-state index contributed by atoms with van der Waals surface area (Å²) in [7, 11) is -4.20. The summed E-state index contributed by atoms with van der Waals surface area (Å²) in [6.07, 6.45) is -12.1. The minimum absolute atomic E-state index is 0.203. The lowest BCUT2D eigenvalue weighted by molar-refractivity contribution is -0.376. The number of benzene rings is 2. The molecular weight excluding hydrogens is 388 g/mol. The van der Waals surface area contributed by atoms with Gasteiger partial charge >= 0.3 is 12.4 Å². The van der Waals surface area contributed by atoms with Gasteiger partial charge in [-0.05, 0) is 12.1 Å². The van der Waals surface area contributed by atoms with Gasteiger partial charge < -0.3 is 9.83 Å². The normalized spacial score (nSPS) is 13.5. The van der Waals surface area contributed by atoms with Gasteiger partial charge in [0.05, 0.1) is 4.90 Å². The van der Waals surface area contributed by atoms with Crippen LogP contribution in [0.15, 0.2) is 59.5 Å². The fraction of sp³-hybridized carbons (Fsp3) is 0.200. The maximum Gasteiger partial charge on any atom is 0.430 e. The second kappa shape index (κ2) is 6.47. The zero-order valence-corrected chi connectivity index (χ0v) is 13.4. The summed E-state index contributed by atoms with van der Waals surface area (Å²) in [5.41, 5.74) is -6.99. The van der Waals surface area contributed by atoms with Crippen LogP contribution in [0.5, 0.6) is 0 Å². The van der Waals surface area contributed by atoms with E-state index in [0.717, 1.165) is 0 Å². The average molecular weight is 398 g/mol. The summed E-state index contributed by atoms with van der Waals surface area (Å²) in [4.78, 5) is -0.203. The summed E-state index contributed by atoms with van der Waals surface area (Å²) in [5, 5.41) is 9.26. The summed E-state index contributed by atoms with van der Waals surface area (Å²) in [5.74, 6) is 0. The van der Waals surface area contributed by atoms with E-state index in [2.05, 4.69) is 4.72 Å². The van der Waals surface area contributed by atoms with Gasteiger partial charge in [0.2, 0.25) is 0 Å². The van der Waals surface area contributed by atoms with Crippen LogP contribution in [0.1, 0.15) is 5.56 Å². The van der Waals surface area contributed by atoms with Crippen molar-refractivity contribution in [1.29, 1.82) is 0 Å². The van der Waals surface area contributed by atoms with Gasteiger partial charge in [0.15, 0.2) is 0 Å². The van der Waals surface area contributed by atoms with Crippen LogP contribution >= 0.6 is 0 Å². The molecule has 0 saturated heterocycles. The highest BCUT2D eigenvalue weighted by atomic mass is 32.2. The van der Waals surface area contributed by atoms with E-state index >= 15 is 0 Å². The van der Waals surface area contributed by atoms with E-state index in [0.29, 0.717) is 24.3 Å². The Morgan fingerprint density at radius 3 is 1.65 bits per heavy atom. The molecule has 11 heteroatoms. The van der Waals surface area contributed by atoms with E-state index in [1.807, 2.05) is 0 Å². The van der Waals surface area contributed by atoms with E-state index in [1.165, 1.54) is 24.3 Å². The smallest absolute Gasteiger partial charge is 0.430 e. The minimum Gasteiger partial charge on any atom is -0.573 e. The predicted molar refractivity (Wildman–Crippen MR) is 79.1 cm³/mol. The summed E-state index contributed by atoms with van der Waals surface area (Å²) in [6.45, 7) is 0. The van der Waals surface area contributed by atoms with Gasteiger partial charge in [-0.3, -0.25) is 0 Å². The molecule has 0 radical (unpaired) electrons. The summed E-state index contributed by atoms with van der Waals surface area (Å²) >= 11 is 0. The van der Waals surface area contributed by atoms with Gasteiger partial charge in [0.25, 0.3) is 5.60 Å². The van der Waals surface area contributed by atoms with Crippen LogP contribution in [0.2, 0.25) is 0 Å². The first kappa shape index (κ1) is 20.0. The van der Waals surface area contributed by atoms with Crippen molar-refractivity contribution in [3.8, 4) is 0 Å². The number of hydrogen-bond donors (Lipinski definition) is 1. The van der Waals surface area contributed by atoms with Gasteiger partial charge in [0.1, 0.15) is 10.0 Å². The third-order valence-electron chi connectivity index (χ3n) is 3.37. The summed E-state index contributed by atoms with van der Waals surface area (Å²) < 4.78 is 104. The highest BCUT2D eigenvalue weighted by Crippen LogP contribution is 2.50. The Labute approximate surface area is 144 Å². The van der Waals surface area contributed by atoms with E-state index in [1.54, 1.807) is 6.07 Å². The average Bonchev–Trinajstić information content (AvgIpc) is 2.53. The van der Waals surface area contributed by atoms with Crippen LogP contribution in [0.3, 0.4) is 0 Å². The number of nitrogens with zero attached hydrogens (tertiary/aromatic N) is 1. The fourth-order valence-electron chi connectivity index (χ4n) is 2.04. The van der Waals surface area contributed by atoms with Crippen molar-refractivity contribution in [3.63, 3.8) is 0 Å². The van der Waals surface area contributed by atoms with Gasteiger partial charge in [-0.1, -0.05) is 42.5 Å². The van der Waals surface area contributed by atoms with E-state index in [-0.39, 0.29) is 4.90 Å². The molecule has 0 saturated carbocycles. The number of halogens is 6. The van der Waals surface area contributed by atoms with Crippen molar-refractivity contribution in [2.45, 2.75) is 22.8 Å². The molecule has 0 aliphatic heterocycles. The first-order valence-electron chi connectivity index (χ1n) is 6.78.